The molecule has 29 heavy (non-hydrogen) atoms. The predicted molar refractivity (Wildman–Crippen MR) is 106 cm³/mol. The number of rotatable bonds is 7. The van der Waals surface area contributed by atoms with Gasteiger partial charge in [0, 0.05) is 12.0 Å². The first kappa shape index (κ1) is 20.5. The average molecular weight is 399 g/mol. The van der Waals surface area contributed by atoms with Crippen LogP contribution in [0.5, 0.6) is 17.2 Å². The normalized spacial score (nSPS) is 16.0. The highest BCUT2D eigenvalue weighted by molar-refractivity contribution is 5.84. The number of hydrogen-bond acceptors (Lipinski definition) is 6. The lowest BCUT2D eigenvalue weighted by Gasteiger charge is -2.27. The molecular formula is C22H25NO6. The van der Waals surface area contributed by atoms with Gasteiger partial charge in [0.15, 0.2) is 24.2 Å². The largest absolute Gasteiger partial charge is 0.493 e. The first-order chi connectivity index (χ1) is 14.0. The van der Waals surface area contributed by atoms with Crippen molar-refractivity contribution >= 4 is 11.9 Å². The third-order valence-electron chi connectivity index (χ3n) is 4.62. The van der Waals surface area contributed by atoms with Crippen molar-refractivity contribution in [1.29, 1.82) is 0 Å². The molecule has 2 aromatic carbocycles. The van der Waals surface area contributed by atoms with Crippen molar-refractivity contribution in [2.75, 3.05) is 20.3 Å². The molecule has 1 aliphatic rings. The highest BCUT2D eigenvalue weighted by Crippen LogP contribution is 2.31. The molecule has 0 aliphatic carbocycles. The number of esters is 1. The van der Waals surface area contributed by atoms with Crippen molar-refractivity contribution < 1.29 is 28.5 Å². The zero-order valence-electron chi connectivity index (χ0n) is 16.8. The van der Waals surface area contributed by atoms with Crippen LogP contribution in [0.25, 0.3) is 0 Å². The molecule has 1 heterocycles. The van der Waals surface area contributed by atoms with Gasteiger partial charge in [0.05, 0.1) is 19.8 Å². The van der Waals surface area contributed by atoms with Gasteiger partial charge in [0.1, 0.15) is 5.75 Å². The molecule has 1 N–H and O–H groups in total. The quantitative estimate of drug-likeness (QED) is 0.721. The van der Waals surface area contributed by atoms with Gasteiger partial charge < -0.3 is 24.3 Å². The fourth-order valence-corrected chi connectivity index (χ4v) is 3.10. The maximum Gasteiger partial charge on any atom is 0.344 e. The van der Waals surface area contributed by atoms with Crippen LogP contribution in [0.15, 0.2) is 42.5 Å². The maximum absolute atomic E-state index is 12.5. The summed E-state index contributed by atoms with van der Waals surface area (Å²) in [6.07, 6.45) is -0.291. The van der Waals surface area contributed by atoms with Crippen LogP contribution in [0.1, 0.15) is 30.5 Å². The molecule has 2 aromatic rings. The standard InChI is InChI=1S/C22H25NO6/c1-14-8-9-19(20(12-14)26-3)28-13-21(24)29-15(2)22(25)23-17-10-11-27-18-7-5-4-6-16(17)18/h4-9,12,15,17H,10-11,13H2,1-3H3,(H,23,25). The van der Waals surface area contributed by atoms with E-state index < -0.39 is 12.1 Å². The van der Waals surface area contributed by atoms with Gasteiger partial charge in [-0.3, -0.25) is 4.79 Å². The van der Waals surface area contributed by atoms with Gasteiger partial charge in [-0.1, -0.05) is 24.3 Å². The number of carbonyl (C=O) groups excluding carboxylic acids is 2. The third kappa shape index (κ3) is 5.19. The van der Waals surface area contributed by atoms with Gasteiger partial charge in [0.2, 0.25) is 0 Å². The molecule has 0 saturated heterocycles. The molecule has 7 heteroatoms. The Morgan fingerprint density at radius 3 is 2.79 bits per heavy atom. The summed E-state index contributed by atoms with van der Waals surface area (Å²) in [7, 11) is 1.53. The number of fused-ring (bicyclic) bond motifs is 1. The van der Waals surface area contributed by atoms with E-state index in [1.54, 1.807) is 6.07 Å². The number of benzene rings is 2. The topological polar surface area (TPSA) is 83.1 Å². The Morgan fingerprint density at radius 2 is 2.00 bits per heavy atom. The van der Waals surface area contributed by atoms with E-state index in [2.05, 4.69) is 5.32 Å². The summed E-state index contributed by atoms with van der Waals surface area (Å²) in [6.45, 7) is 3.65. The van der Waals surface area contributed by atoms with Crippen LogP contribution in [0.2, 0.25) is 0 Å². The average Bonchev–Trinajstić information content (AvgIpc) is 2.73. The van der Waals surface area contributed by atoms with E-state index in [9.17, 15) is 9.59 Å². The van der Waals surface area contributed by atoms with Crippen molar-refractivity contribution in [1.82, 2.24) is 5.32 Å². The van der Waals surface area contributed by atoms with Crippen molar-refractivity contribution in [3.63, 3.8) is 0 Å². The van der Waals surface area contributed by atoms with Crippen LogP contribution in [0.4, 0.5) is 0 Å². The summed E-state index contributed by atoms with van der Waals surface area (Å²) < 4.78 is 21.5. The summed E-state index contributed by atoms with van der Waals surface area (Å²) in [5, 5.41) is 2.92. The van der Waals surface area contributed by atoms with E-state index >= 15 is 0 Å². The molecule has 154 valence electrons. The highest BCUT2D eigenvalue weighted by Gasteiger charge is 2.26. The second-order valence-electron chi connectivity index (χ2n) is 6.81. The molecule has 0 bridgehead atoms. The Morgan fingerprint density at radius 1 is 1.21 bits per heavy atom. The van der Waals surface area contributed by atoms with E-state index in [1.165, 1.54) is 14.0 Å². The number of para-hydroxylation sites is 1. The number of amides is 1. The van der Waals surface area contributed by atoms with Crippen LogP contribution in [0.3, 0.4) is 0 Å². The molecule has 3 rings (SSSR count). The predicted octanol–water partition coefficient (Wildman–Crippen LogP) is 2.95. The van der Waals surface area contributed by atoms with Gasteiger partial charge in [-0.05, 0) is 37.6 Å². The van der Waals surface area contributed by atoms with E-state index in [0.29, 0.717) is 24.5 Å². The van der Waals surface area contributed by atoms with Gasteiger partial charge in [-0.2, -0.15) is 0 Å². The maximum atomic E-state index is 12.5. The lowest BCUT2D eigenvalue weighted by Crippen LogP contribution is -2.40. The molecule has 0 spiro atoms. The zero-order valence-corrected chi connectivity index (χ0v) is 16.8. The molecule has 0 fully saturated rings. The monoisotopic (exact) mass is 399 g/mol. The molecule has 0 radical (unpaired) electrons. The number of aryl methyl sites for hydroxylation is 1. The van der Waals surface area contributed by atoms with Crippen molar-refractivity contribution in [2.24, 2.45) is 0 Å². The van der Waals surface area contributed by atoms with E-state index in [4.69, 9.17) is 18.9 Å². The SMILES string of the molecule is COc1cc(C)ccc1OCC(=O)OC(C)C(=O)NC1CCOc2ccccc21. The summed E-state index contributed by atoms with van der Waals surface area (Å²) >= 11 is 0. The van der Waals surface area contributed by atoms with Gasteiger partial charge in [-0.25, -0.2) is 4.79 Å². The van der Waals surface area contributed by atoms with Crippen LogP contribution in [-0.4, -0.2) is 38.3 Å². The lowest BCUT2D eigenvalue weighted by atomic mass is 10.0. The second-order valence-corrected chi connectivity index (χ2v) is 6.81. The molecule has 1 aliphatic heterocycles. The van der Waals surface area contributed by atoms with Crippen LogP contribution < -0.4 is 19.5 Å². The van der Waals surface area contributed by atoms with E-state index in [1.807, 2.05) is 43.3 Å². The molecule has 0 saturated carbocycles. The van der Waals surface area contributed by atoms with Crippen LogP contribution in [0, 0.1) is 6.92 Å². The number of carbonyl (C=O) groups is 2. The minimum Gasteiger partial charge on any atom is -0.493 e. The Balaban J connectivity index is 1.52. The van der Waals surface area contributed by atoms with E-state index in [-0.39, 0.29) is 18.6 Å². The van der Waals surface area contributed by atoms with Gasteiger partial charge >= 0.3 is 5.97 Å². The molecule has 2 unspecified atom stereocenters. The van der Waals surface area contributed by atoms with Gasteiger partial charge in [0.25, 0.3) is 5.91 Å². The van der Waals surface area contributed by atoms with Crippen molar-refractivity contribution in [3.8, 4) is 17.2 Å². The Kier molecular flexibility index (Phi) is 6.59. The summed E-state index contributed by atoms with van der Waals surface area (Å²) in [6, 6.07) is 12.8. The summed E-state index contributed by atoms with van der Waals surface area (Å²) in [5.74, 6) is 0.720. The third-order valence-corrected chi connectivity index (χ3v) is 4.62. The lowest BCUT2D eigenvalue weighted by molar-refractivity contribution is -0.157. The van der Waals surface area contributed by atoms with E-state index in [0.717, 1.165) is 16.9 Å². The number of methoxy groups -OCH3 is 1. The Labute approximate surface area is 169 Å². The second kappa shape index (κ2) is 9.32. The van der Waals surface area contributed by atoms with Gasteiger partial charge in [-0.15, -0.1) is 0 Å². The smallest absolute Gasteiger partial charge is 0.344 e. The molecule has 7 nitrogen and oxygen atoms in total. The molecule has 2 atom stereocenters. The van der Waals surface area contributed by atoms with Crippen LogP contribution in [-0.2, 0) is 14.3 Å². The summed E-state index contributed by atoms with van der Waals surface area (Å²) in [5.41, 5.74) is 1.93. The van der Waals surface area contributed by atoms with Crippen molar-refractivity contribution in [2.45, 2.75) is 32.4 Å². The zero-order chi connectivity index (χ0) is 20.8. The minimum atomic E-state index is -0.943. The number of nitrogens with one attached hydrogen (secondary N) is 1. The van der Waals surface area contributed by atoms with Crippen molar-refractivity contribution in [3.05, 3.63) is 53.6 Å². The first-order valence-electron chi connectivity index (χ1n) is 9.47. The fourth-order valence-electron chi connectivity index (χ4n) is 3.10. The minimum absolute atomic E-state index is 0.179. The highest BCUT2D eigenvalue weighted by atomic mass is 16.6. The van der Waals surface area contributed by atoms with Crippen LogP contribution >= 0.6 is 0 Å². The Bertz CT molecular complexity index is 881. The summed E-state index contributed by atoms with van der Waals surface area (Å²) in [4.78, 5) is 24.6. The Hall–Kier alpha value is -3.22. The molecule has 0 aromatic heterocycles. The number of ether oxygens (including phenoxy) is 4. The molecular weight excluding hydrogens is 374 g/mol. The fraction of sp³-hybridized carbons (Fsp3) is 0.364. The number of hydrogen-bond donors (Lipinski definition) is 1. The first-order valence-corrected chi connectivity index (χ1v) is 9.47. The molecule has 1 amide bonds.